The Kier molecular flexibility index (Phi) is 26.3. The lowest BCUT2D eigenvalue weighted by atomic mass is 9.92. The zero-order valence-electron chi connectivity index (χ0n) is 36.2. The highest BCUT2D eigenvalue weighted by Crippen LogP contribution is 2.41. The summed E-state index contributed by atoms with van der Waals surface area (Å²) in [6.45, 7) is 35.6. The second-order valence-electron chi connectivity index (χ2n) is 11.8. The fraction of sp³-hybridized carbons (Fsp3) is 0.467. The largest absolute Gasteiger partial charge is 0.460 e. The first kappa shape index (κ1) is 54.3. The van der Waals surface area contributed by atoms with Gasteiger partial charge in [0.15, 0.2) is 0 Å². The summed E-state index contributed by atoms with van der Waals surface area (Å²) in [6, 6.07) is 20.8. The number of hydrogen-bond acceptors (Lipinski definition) is 4. The van der Waals surface area contributed by atoms with Gasteiger partial charge in [-0.3, -0.25) is 4.90 Å². The first-order valence-electron chi connectivity index (χ1n) is 18.6. The lowest BCUT2D eigenvalue weighted by molar-refractivity contribution is 0.0362. The molecule has 0 spiro atoms. The number of carbonyl (C=O) groups excluding carboxylic acids is 1. The number of benzene rings is 2. The summed E-state index contributed by atoms with van der Waals surface area (Å²) >= 11 is 5.29. The SMILES string of the molecule is C.CC.CC.CC.CC.CN1C(=O)OC(C)(C)c2cc(-c3cccn3C)ccc21.CN1C(=S)OC(C)(C)c2cc(-c3cccn3C)ccc21.[C-]#[N+]C.[C-]#[N+]C. The monoisotopic (exact) mass is 775 g/mol. The topological polar surface area (TPSA) is 60.6 Å². The highest BCUT2D eigenvalue weighted by molar-refractivity contribution is 7.80. The van der Waals surface area contributed by atoms with Crippen molar-refractivity contribution in [3.63, 3.8) is 0 Å². The van der Waals surface area contributed by atoms with Gasteiger partial charge in [0.2, 0.25) is 14.1 Å². The summed E-state index contributed by atoms with van der Waals surface area (Å²) in [5.74, 6) is 0. The summed E-state index contributed by atoms with van der Waals surface area (Å²) in [5, 5.41) is 0.522. The van der Waals surface area contributed by atoms with Crippen LogP contribution in [-0.2, 0) is 34.8 Å². The summed E-state index contributed by atoms with van der Waals surface area (Å²) < 4.78 is 15.6. The van der Waals surface area contributed by atoms with E-state index in [4.69, 9.17) is 34.8 Å². The van der Waals surface area contributed by atoms with E-state index in [9.17, 15) is 4.79 Å². The maximum Gasteiger partial charge on any atom is 0.414 e. The summed E-state index contributed by atoms with van der Waals surface area (Å²) in [4.78, 5) is 20.8. The predicted molar refractivity (Wildman–Crippen MR) is 242 cm³/mol. The molecule has 6 rings (SSSR count). The van der Waals surface area contributed by atoms with Gasteiger partial charge in [-0.15, -0.1) is 0 Å². The van der Waals surface area contributed by atoms with Crippen LogP contribution in [0, 0.1) is 13.1 Å². The molecule has 0 atom stereocenters. The van der Waals surface area contributed by atoms with E-state index in [1.54, 1.807) is 11.9 Å². The van der Waals surface area contributed by atoms with Gasteiger partial charge >= 0.3 is 6.09 Å². The second-order valence-corrected chi connectivity index (χ2v) is 12.1. The van der Waals surface area contributed by atoms with Gasteiger partial charge in [0.25, 0.3) is 5.17 Å². The number of ether oxygens (including phenoxy) is 2. The Labute approximate surface area is 340 Å². The van der Waals surface area contributed by atoms with E-state index in [0.717, 1.165) is 33.8 Å². The number of carbonyl (C=O) groups is 1. The van der Waals surface area contributed by atoms with E-state index >= 15 is 0 Å². The molecule has 4 heterocycles. The minimum Gasteiger partial charge on any atom is -0.460 e. The Morgan fingerprint density at radius 3 is 1.25 bits per heavy atom. The molecule has 2 aromatic carbocycles. The van der Waals surface area contributed by atoms with Crippen LogP contribution in [0.2, 0.25) is 0 Å². The van der Waals surface area contributed by atoms with Crippen molar-refractivity contribution in [2.24, 2.45) is 14.1 Å². The summed E-state index contributed by atoms with van der Waals surface area (Å²) in [6.07, 6.45) is 3.76. The molecule has 1 amide bonds. The first-order valence-corrected chi connectivity index (χ1v) is 19.0. The van der Waals surface area contributed by atoms with Gasteiger partial charge in [-0.2, -0.15) is 0 Å². The normalized spacial score (nSPS) is 12.9. The van der Waals surface area contributed by atoms with Crippen molar-refractivity contribution in [3.05, 3.63) is 107 Å². The number of thiocarbonyl (C=S) groups is 1. The number of rotatable bonds is 2. The Morgan fingerprint density at radius 2 is 0.927 bits per heavy atom. The number of amides is 1. The highest BCUT2D eigenvalue weighted by atomic mass is 32.1. The van der Waals surface area contributed by atoms with Crippen molar-refractivity contribution in [3.8, 4) is 22.5 Å². The van der Waals surface area contributed by atoms with Crippen molar-refractivity contribution < 1.29 is 14.3 Å². The minimum atomic E-state index is -0.611. The third kappa shape index (κ3) is 14.3. The van der Waals surface area contributed by atoms with Crippen LogP contribution in [0.1, 0.15) is 102 Å². The van der Waals surface area contributed by atoms with E-state index in [1.165, 1.54) is 25.4 Å². The molecule has 0 N–H and O–H groups in total. The molecule has 0 bridgehead atoms. The molecule has 0 saturated carbocycles. The zero-order valence-corrected chi connectivity index (χ0v) is 37.1. The number of fused-ring (bicyclic) bond motifs is 2. The van der Waals surface area contributed by atoms with Crippen molar-refractivity contribution in [1.82, 2.24) is 9.13 Å². The zero-order chi connectivity index (χ0) is 42.4. The van der Waals surface area contributed by atoms with Crippen LogP contribution >= 0.6 is 12.2 Å². The molecular weight excluding hydrogens is 705 g/mol. The average Bonchev–Trinajstić information content (AvgIpc) is 3.81. The van der Waals surface area contributed by atoms with Gasteiger partial charge < -0.3 is 33.2 Å². The number of aromatic nitrogens is 2. The van der Waals surface area contributed by atoms with Crippen LogP contribution in [0.25, 0.3) is 32.2 Å². The third-order valence-electron chi connectivity index (χ3n) is 7.72. The number of anilines is 2. The smallest absolute Gasteiger partial charge is 0.414 e. The van der Waals surface area contributed by atoms with Crippen LogP contribution in [-0.4, -0.2) is 48.6 Å². The molecule has 0 aliphatic carbocycles. The maximum absolute atomic E-state index is 11.8. The second kappa shape index (κ2) is 26.7. The fourth-order valence-corrected chi connectivity index (χ4v) is 5.65. The van der Waals surface area contributed by atoms with Gasteiger partial charge in [0, 0.05) is 63.1 Å². The highest BCUT2D eigenvalue weighted by Gasteiger charge is 2.37. The first-order chi connectivity index (χ1) is 25.6. The quantitative estimate of drug-likeness (QED) is 0.150. The molecule has 0 radical (unpaired) electrons. The van der Waals surface area contributed by atoms with E-state index in [-0.39, 0.29) is 13.5 Å². The summed E-state index contributed by atoms with van der Waals surface area (Å²) in [5.41, 5.74) is 7.84. The number of nitrogens with zero attached hydrogens (tertiary/aromatic N) is 6. The molecule has 55 heavy (non-hydrogen) atoms. The summed E-state index contributed by atoms with van der Waals surface area (Å²) in [7, 11) is 10.6. The molecule has 0 unspecified atom stereocenters. The lowest BCUT2D eigenvalue weighted by Crippen LogP contribution is -2.41. The van der Waals surface area contributed by atoms with Crippen LogP contribution in [0.4, 0.5) is 16.2 Å². The number of cyclic esters (lactones) is 1. The molecule has 0 saturated heterocycles. The average molecular weight is 775 g/mol. The van der Waals surface area contributed by atoms with Crippen LogP contribution in [0.5, 0.6) is 0 Å². The molecule has 9 nitrogen and oxygen atoms in total. The molecule has 2 aliphatic heterocycles. The Bertz CT molecular complexity index is 1680. The van der Waals surface area contributed by atoms with Crippen LogP contribution in [0.15, 0.2) is 73.1 Å². The van der Waals surface area contributed by atoms with Crippen LogP contribution < -0.4 is 9.80 Å². The molecule has 10 heteroatoms. The molecule has 2 aromatic heterocycles. The van der Waals surface area contributed by atoms with Crippen molar-refractivity contribution in [2.75, 3.05) is 38.0 Å². The third-order valence-corrected chi connectivity index (χ3v) is 8.08. The number of hydrogen-bond donors (Lipinski definition) is 0. The van der Waals surface area contributed by atoms with E-state index < -0.39 is 11.2 Å². The Hall–Kier alpha value is -5.06. The van der Waals surface area contributed by atoms with Gasteiger partial charge in [-0.1, -0.05) is 74.9 Å². The molecular formula is C45H70N6O3S. The van der Waals surface area contributed by atoms with Gasteiger partial charge in [-0.25, -0.2) is 17.9 Å². The van der Waals surface area contributed by atoms with Crippen LogP contribution in [0.3, 0.4) is 0 Å². The van der Waals surface area contributed by atoms with E-state index in [0.29, 0.717) is 5.17 Å². The molecule has 4 aromatic rings. The Balaban J connectivity index is -0.000000733. The van der Waals surface area contributed by atoms with Crippen molar-refractivity contribution >= 4 is 34.9 Å². The molecule has 0 fully saturated rings. The standard InChI is InChI=1S/C16H18N2O2.C16H18N2OS.2C2H3N.4C2H6.CH4/c1-16(2)12-10-11(13-6-5-9-17(13)3)7-8-14(12)18(4)15(19)20-16;1-16(2)12-10-11(13-6-5-9-17(13)3)7-8-14(12)18(4)15(20)19-16;2*1-3-2;4*1-2;/h2*5-10H,1-4H3;2*1H3;4*1-2H3;1H4. The molecule has 304 valence electrons. The lowest BCUT2D eigenvalue weighted by Gasteiger charge is -2.39. The number of aryl methyl sites for hydroxylation is 2. The van der Waals surface area contributed by atoms with Gasteiger partial charge in [0.05, 0.1) is 11.4 Å². The van der Waals surface area contributed by atoms with Crippen molar-refractivity contribution in [2.45, 2.75) is 102 Å². The van der Waals surface area contributed by atoms with E-state index in [1.807, 2.05) is 113 Å². The predicted octanol–water partition coefficient (Wildman–Crippen LogP) is 13.0. The fourth-order valence-electron chi connectivity index (χ4n) is 5.34. The Morgan fingerprint density at radius 1 is 0.600 bits per heavy atom. The molecule has 2 aliphatic rings. The minimum absolute atomic E-state index is 0. The van der Waals surface area contributed by atoms with Gasteiger partial charge in [0.1, 0.15) is 11.2 Å². The van der Waals surface area contributed by atoms with Gasteiger partial charge in [-0.05, 0) is 99.6 Å². The van der Waals surface area contributed by atoms with E-state index in [2.05, 4.69) is 88.4 Å². The maximum atomic E-state index is 11.8. The van der Waals surface area contributed by atoms with Crippen molar-refractivity contribution in [1.29, 1.82) is 0 Å².